The van der Waals surface area contributed by atoms with Gasteiger partial charge in [0.05, 0.1) is 16.4 Å². The van der Waals surface area contributed by atoms with Crippen LogP contribution in [0.3, 0.4) is 0 Å². The lowest BCUT2D eigenvalue weighted by Crippen LogP contribution is -2.26. The molecule has 134 valence electrons. The van der Waals surface area contributed by atoms with E-state index >= 15 is 0 Å². The number of hydrogen-bond donors (Lipinski definition) is 0. The van der Waals surface area contributed by atoms with E-state index in [1.165, 1.54) is 19.2 Å². The Morgan fingerprint density at radius 1 is 1.20 bits per heavy atom. The molecule has 0 aliphatic heterocycles. The van der Waals surface area contributed by atoms with Gasteiger partial charge in [-0.3, -0.25) is 10.1 Å². The third-order valence-corrected chi connectivity index (χ3v) is 5.50. The zero-order valence-electron chi connectivity index (χ0n) is 14.3. The fourth-order valence-corrected chi connectivity index (χ4v) is 3.55. The van der Waals surface area contributed by atoms with Crippen LogP contribution in [0.5, 0.6) is 5.75 Å². The van der Waals surface area contributed by atoms with E-state index in [1.807, 2.05) is 6.92 Å². The molecule has 0 bridgehead atoms. The minimum atomic E-state index is -3.85. The molecule has 0 radical (unpaired) electrons. The molecule has 8 heteroatoms. The standard InChI is InChI=1S/C17H20N2O5S/c1-4-24-15-7-5-6-14(10-15)12-18(3)25(22,23)16-9-8-13(2)17(11-16)19(20)21/h5-11H,4,12H2,1-3H3. The van der Waals surface area contributed by atoms with Crippen molar-refractivity contribution in [3.63, 3.8) is 0 Å². The van der Waals surface area contributed by atoms with Crippen molar-refractivity contribution in [1.82, 2.24) is 4.31 Å². The highest BCUT2D eigenvalue weighted by Gasteiger charge is 2.24. The summed E-state index contributed by atoms with van der Waals surface area (Å²) in [4.78, 5) is 10.4. The van der Waals surface area contributed by atoms with Crippen molar-refractivity contribution in [1.29, 1.82) is 0 Å². The third-order valence-electron chi connectivity index (χ3n) is 3.70. The summed E-state index contributed by atoms with van der Waals surface area (Å²) >= 11 is 0. The average molecular weight is 364 g/mol. The molecule has 0 atom stereocenters. The number of nitrogens with zero attached hydrogens (tertiary/aromatic N) is 2. The normalized spacial score (nSPS) is 11.5. The summed E-state index contributed by atoms with van der Waals surface area (Å²) in [6, 6.07) is 11.1. The summed E-state index contributed by atoms with van der Waals surface area (Å²) < 4.78 is 32.0. The van der Waals surface area contributed by atoms with Crippen molar-refractivity contribution in [2.24, 2.45) is 0 Å². The van der Waals surface area contributed by atoms with Crippen molar-refractivity contribution < 1.29 is 18.1 Å². The van der Waals surface area contributed by atoms with Crippen molar-refractivity contribution in [2.45, 2.75) is 25.3 Å². The van der Waals surface area contributed by atoms with Crippen LogP contribution >= 0.6 is 0 Å². The zero-order chi connectivity index (χ0) is 18.6. The maximum Gasteiger partial charge on any atom is 0.273 e. The highest BCUT2D eigenvalue weighted by atomic mass is 32.2. The predicted octanol–water partition coefficient (Wildman–Crippen LogP) is 3.12. The Morgan fingerprint density at radius 2 is 1.92 bits per heavy atom. The SMILES string of the molecule is CCOc1cccc(CN(C)S(=O)(=O)c2ccc(C)c([N+](=O)[O-])c2)c1. The van der Waals surface area contributed by atoms with Crippen LogP contribution in [0.25, 0.3) is 0 Å². The molecular weight excluding hydrogens is 344 g/mol. The minimum Gasteiger partial charge on any atom is -0.494 e. The molecule has 0 fully saturated rings. The Balaban J connectivity index is 2.29. The number of nitro groups is 1. The van der Waals surface area contributed by atoms with Gasteiger partial charge in [0, 0.05) is 25.2 Å². The van der Waals surface area contributed by atoms with Crippen LogP contribution in [0.15, 0.2) is 47.4 Å². The second-order valence-corrected chi connectivity index (χ2v) is 7.59. The first-order valence-corrected chi connectivity index (χ1v) is 9.13. The van der Waals surface area contributed by atoms with Gasteiger partial charge in [0.25, 0.3) is 5.69 Å². The molecule has 2 rings (SSSR count). The summed E-state index contributed by atoms with van der Waals surface area (Å²) in [5, 5.41) is 11.0. The highest BCUT2D eigenvalue weighted by molar-refractivity contribution is 7.89. The largest absolute Gasteiger partial charge is 0.494 e. The van der Waals surface area contributed by atoms with E-state index in [4.69, 9.17) is 4.74 Å². The molecule has 25 heavy (non-hydrogen) atoms. The van der Waals surface area contributed by atoms with E-state index in [-0.39, 0.29) is 17.1 Å². The zero-order valence-corrected chi connectivity index (χ0v) is 15.1. The molecule has 0 saturated carbocycles. The van der Waals surface area contributed by atoms with Crippen LogP contribution in [0.1, 0.15) is 18.1 Å². The van der Waals surface area contributed by atoms with Gasteiger partial charge in [0.1, 0.15) is 5.75 Å². The van der Waals surface area contributed by atoms with Gasteiger partial charge in [-0.05, 0) is 37.6 Å². The molecule has 0 aliphatic rings. The van der Waals surface area contributed by atoms with E-state index in [1.54, 1.807) is 31.2 Å². The lowest BCUT2D eigenvalue weighted by atomic mass is 10.2. The molecule has 0 unspecified atom stereocenters. The second-order valence-electron chi connectivity index (χ2n) is 5.55. The Labute approximate surface area is 147 Å². The molecule has 2 aromatic carbocycles. The van der Waals surface area contributed by atoms with Gasteiger partial charge in [0.2, 0.25) is 10.0 Å². The Kier molecular flexibility index (Phi) is 5.76. The summed E-state index contributed by atoms with van der Waals surface area (Å²) in [5.41, 5.74) is 0.961. The van der Waals surface area contributed by atoms with Crippen LogP contribution < -0.4 is 4.74 Å². The van der Waals surface area contributed by atoms with Gasteiger partial charge in [-0.15, -0.1) is 0 Å². The minimum absolute atomic E-state index is 0.103. The van der Waals surface area contributed by atoms with Crippen molar-refractivity contribution in [3.05, 3.63) is 63.7 Å². The van der Waals surface area contributed by atoms with Gasteiger partial charge >= 0.3 is 0 Å². The highest BCUT2D eigenvalue weighted by Crippen LogP contribution is 2.25. The summed E-state index contributed by atoms with van der Waals surface area (Å²) in [7, 11) is -2.41. The van der Waals surface area contributed by atoms with E-state index < -0.39 is 14.9 Å². The summed E-state index contributed by atoms with van der Waals surface area (Å²) in [5.74, 6) is 0.664. The molecule has 0 spiro atoms. The molecule has 0 saturated heterocycles. The fraction of sp³-hybridized carbons (Fsp3) is 0.294. The fourth-order valence-electron chi connectivity index (χ4n) is 2.37. The summed E-state index contributed by atoms with van der Waals surface area (Å²) in [6.45, 7) is 4.08. The predicted molar refractivity (Wildman–Crippen MR) is 94.1 cm³/mol. The first kappa shape index (κ1) is 18.9. The van der Waals surface area contributed by atoms with E-state index in [9.17, 15) is 18.5 Å². The number of sulfonamides is 1. The molecule has 2 aromatic rings. The van der Waals surface area contributed by atoms with Crippen molar-refractivity contribution in [3.8, 4) is 5.75 Å². The van der Waals surface area contributed by atoms with Crippen LogP contribution in [-0.4, -0.2) is 31.3 Å². The number of hydrogen-bond acceptors (Lipinski definition) is 5. The number of rotatable bonds is 7. The Hall–Kier alpha value is -2.45. The second kappa shape index (κ2) is 7.62. The molecule has 0 aliphatic carbocycles. The number of nitro benzene ring substituents is 1. The van der Waals surface area contributed by atoms with Crippen LogP contribution in [0.4, 0.5) is 5.69 Å². The van der Waals surface area contributed by atoms with E-state index in [0.717, 1.165) is 15.9 Å². The first-order chi connectivity index (χ1) is 11.8. The lowest BCUT2D eigenvalue weighted by Gasteiger charge is -2.18. The molecule has 0 amide bonds. The number of benzene rings is 2. The quantitative estimate of drug-likeness (QED) is 0.556. The summed E-state index contributed by atoms with van der Waals surface area (Å²) in [6.07, 6.45) is 0. The Morgan fingerprint density at radius 3 is 2.56 bits per heavy atom. The van der Waals surface area contributed by atoms with Gasteiger partial charge < -0.3 is 4.74 Å². The van der Waals surface area contributed by atoms with Gasteiger partial charge in [-0.25, -0.2) is 8.42 Å². The molecule has 7 nitrogen and oxygen atoms in total. The third kappa shape index (κ3) is 4.34. The molecular formula is C17H20N2O5S. The van der Waals surface area contributed by atoms with Crippen LogP contribution in [0.2, 0.25) is 0 Å². The number of ether oxygens (including phenoxy) is 1. The molecule has 0 N–H and O–H groups in total. The smallest absolute Gasteiger partial charge is 0.273 e. The van der Waals surface area contributed by atoms with Gasteiger partial charge in [-0.2, -0.15) is 4.31 Å². The van der Waals surface area contributed by atoms with E-state index in [2.05, 4.69) is 0 Å². The maximum atomic E-state index is 12.7. The van der Waals surface area contributed by atoms with Crippen molar-refractivity contribution >= 4 is 15.7 Å². The van der Waals surface area contributed by atoms with Gasteiger partial charge in [0.15, 0.2) is 0 Å². The molecule has 0 heterocycles. The topological polar surface area (TPSA) is 89.8 Å². The van der Waals surface area contributed by atoms with Gasteiger partial charge in [-0.1, -0.05) is 18.2 Å². The van der Waals surface area contributed by atoms with Crippen LogP contribution in [0, 0.1) is 17.0 Å². The number of aryl methyl sites for hydroxylation is 1. The lowest BCUT2D eigenvalue weighted by molar-refractivity contribution is -0.385. The molecule has 0 aromatic heterocycles. The monoisotopic (exact) mass is 364 g/mol. The maximum absolute atomic E-state index is 12.7. The average Bonchev–Trinajstić information content (AvgIpc) is 2.55. The Bertz CT molecular complexity index is 880. The van der Waals surface area contributed by atoms with Crippen molar-refractivity contribution in [2.75, 3.05) is 13.7 Å². The van der Waals surface area contributed by atoms with Crippen LogP contribution in [-0.2, 0) is 16.6 Å². The first-order valence-electron chi connectivity index (χ1n) is 7.69. The van der Waals surface area contributed by atoms with E-state index in [0.29, 0.717) is 17.9 Å².